The normalized spacial score (nSPS) is 16.5. The standard InChI is InChI=1S/C17H24N2O4S/c1-17(2,3)16-18-10-13(24-16)4-5-14(20)19(11-15(21)22)12-6-8-23-9-7-12/h4-5,10,12H,6-9,11H2,1-3H3,(H,21,22)/b5-4-. The van der Waals surface area contributed by atoms with Gasteiger partial charge in [0.15, 0.2) is 0 Å². The van der Waals surface area contributed by atoms with Crippen molar-refractivity contribution in [3.8, 4) is 0 Å². The number of hydrogen-bond acceptors (Lipinski definition) is 5. The Labute approximate surface area is 146 Å². The summed E-state index contributed by atoms with van der Waals surface area (Å²) in [5, 5.41) is 10.1. The lowest BCUT2D eigenvalue weighted by Gasteiger charge is -2.32. The third-order valence-corrected chi connectivity index (χ3v) is 5.16. The van der Waals surface area contributed by atoms with E-state index in [1.807, 2.05) is 0 Å². The lowest BCUT2D eigenvalue weighted by Crippen LogP contribution is -2.45. The fourth-order valence-corrected chi connectivity index (χ4v) is 3.37. The maximum Gasteiger partial charge on any atom is 0.323 e. The van der Waals surface area contributed by atoms with Crippen molar-refractivity contribution in [1.82, 2.24) is 9.88 Å². The second kappa shape index (κ2) is 7.90. The van der Waals surface area contributed by atoms with Crippen LogP contribution in [0.1, 0.15) is 43.5 Å². The van der Waals surface area contributed by atoms with E-state index in [0.29, 0.717) is 26.1 Å². The van der Waals surface area contributed by atoms with Crippen LogP contribution in [-0.2, 0) is 19.7 Å². The fraction of sp³-hybridized carbons (Fsp3) is 0.588. The molecule has 1 aliphatic heterocycles. The first-order valence-corrected chi connectivity index (χ1v) is 8.83. The molecule has 0 aromatic carbocycles. The molecule has 0 aliphatic carbocycles. The van der Waals surface area contributed by atoms with Gasteiger partial charge < -0.3 is 14.7 Å². The van der Waals surface area contributed by atoms with Crippen molar-refractivity contribution in [2.24, 2.45) is 0 Å². The number of carbonyl (C=O) groups is 2. The van der Waals surface area contributed by atoms with E-state index in [1.54, 1.807) is 12.3 Å². The molecule has 0 spiro atoms. The molecule has 2 rings (SSSR count). The Kier molecular flexibility index (Phi) is 6.12. The van der Waals surface area contributed by atoms with E-state index in [2.05, 4.69) is 25.8 Å². The minimum absolute atomic E-state index is 0.0296. The average molecular weight is 352 g/mol. The Balaban J connectivity index is 2.08. The molecule has 1 aromatic rings. The van der Waals surface area contributed by atoms with Gasteiger partial charge in [0.05, 0.1) is 5.01 Å². The molecule has 24 heavy (non-hydrogen) atoms. The number of thiazole rings is 1. The summed E-state index contributed by atoms with van der Waals surface area (Å²) in [5.41, 5.74) is -0.0296. The highest BCUT2D eigenvalue weighted by atomic mass is 32.1. The molecule has 1 saturated heterocycles. The number of hydrogen-bond donors (Lipinski definition) is 1. The van der Waals surface area contributed by atoms with Gasteiger partial charge in [-0.3, -0.25) is 9.59 Å². The Morgan fingerprint density at radius 3 is 2.62 bits per heavy atom. The number of carboxylic acid groups (broad SMARTS) is 1. The molecule has 7 heteroatoms. The third-order valence-electron chi connectivity index (χ3n) is 3.78. The topological polar surface area (TPSA) is 79.7 Å². The predicted molar refractivity (Wildman–Crippen MR) is 93.0 cm³/mol. The van der Waals surface area contributed by atoms with Crippen LogP contribution in [0.2, 0.25) is 0 Å². The quantitative estimate of drug-likeness (QED) is 0.824. The predicted octanol–water partition coefficient (Wildman–Crippen LogP) is 2.55. The zero-order chi connectivity index (χ0) is 17.7. The Hall–Kier alpha value is -1.73. The number of carbonyl (C=O) groups excluding carboxylic acids is 1. The number of nitrogens with zero attached hydrogens (tertiary/aromatic N) is 2. The van der Waals surface area contributed by atoms with E-state index >= 15 is 0 Å². The molecular formula is C17H24N2O4S. The molecule has 1 N–H and O–H groups in total. The second-order valence-corrected chi connectivity index (χ2v) is 7.92. The van der Waals surface area contributed by atoms with E-state index in [0.717, 1.165) is 9.88 Å². The van der Waals surface area contributed by atoms with Gasteiger partial charge in [-0.2, -0.15) is 0 Å². The minimum atomic E-state index is -1.00. The Morgan fingerprint density at radius 1 is 1.42 bits per heavy atom. The van der Waals surface area contributed by atoms with Crippen molar-refractivity contribution in [1.29, 1.82) is 0 Å². The minimum Gasteiger partial charge on any atom is -0.480 e. The van der Waals surface area contributed by atoms with Gasteiger partial charge in [-0.1, -0.05) is 20.8 Å². The molecule has 0 radical (unpaired) electrons. The number of aromatic nitrogens is 1. The maximum absolute atomic E-state index is 12.5. The van der Waals surface area contributed by atoms with Crippen LogP contribution in [-0.4, -0.2) is 52.7 Å². The van der Waals surface area contributed by atoms with E-state index in [4.69, 9.17) is 9.84 Å². The largest absolute Gasteiger partial charge is 0.480 e. The lowest BCUT2D eigenvalue weighted by molar-refractivity contribution is -0.145. The first-order chi connectivity index (χ1) is 11.3. The molecule has 0 atom stereocenters. The van der Waals surface area contributed by atoms with Crippen molar-refractivity contribution in [3.63, 3.8) is 0 Å². The van der Waals surface area contributed by atoms with Gasteiger partial charge >= 0.3 is 5.97 Å². The van der Waals surface area contributed by atoms with Gasteiger partial charge in [0.1, 0.15) is 6.54 Å². The molecule has 132 valence electrons. The summed E-state index contributed by atoms with van der Waals surface area (Å²) in [7, 11) is 0. The van der Waals surface area contributed by atoms with E-state index in [1.165, 1.54) is 22.3 Å². The summed E-state index contributed by atoms with van der Waals surface area (Å²) < 4.78 is 5.29. The second-order valence-electron chi connectivity index (χ2n) is 6.85. The smallest absolute Gasteiger partial charge is 0.323 e. The molecule has 1 aliphatic rings. The van der Waals surface area contributed by atoms with Crippen molar-refractivity contribution in [3.05, 3.63) is 22.2 Å². The Bertz CT molecular complexity index is 612. The fourth-order valence-electron chi connectivity index (χ4n) is 2.49. The highest BCUT2D eigenvalue weighted by Crippen LogP contribution is 2.27. The van der Waals surface area contributed by atoms with Crippen LogP contribution in [0.25, 0.3) is 6.08 Å². The summed E-state index contributed by atoms with van der Waals surface area (Å²) in [5.74, 6) is -1.29. The summed E-state index contributed by atoms with van der Waals surface area (Å²) in [4.78, 5) is 30.3. The van der Waals surface area contributed by atoms with E-state index in [9.17, 15) is 9.59 Å². The molecule has 2 heterocycles. The van der Waals surface area contributed by atoms with Gasteiger partial charge in [0, 0.05) is 41.8 Å². The highest BCUT2D eigenvalue weighted by Gasteiger charge is 2.26. The number of amides is 1. The van der Waals surface area contributed by atoms with Gasteiger partial charge in [-0.25, -0.2) is 4.98 Å². The van der Waals surface area contributed by atoms with E-state index in [-0.39, 0.29) is 23.9 Å². The van der Waals surface area contributed by atoms with Gasteiger partial charge in [0.2, 0.25) is 5.91 Å². The molecular weight excluding hydrogens is 328 g/mol. The van der Waals surface area contributed by atoms with Crippen LogP contribution in [0.3, 0.4) is 0 Å². The van der Waals surface area contributed by atoms with Crippen LogP contribution in [0.4, 0.5) is 0 Å². The van der Waals surface area contributed by atoms with Crippen LogP contribution < -0.4 is 0 Å². The molecule has 1 aromatic heterocycles. The van der Waals surface area contributed by atoms with Crippen molar-refractivity contribution < 1.29 is 19.4 Å². The average Bonchev–Trinajstić information content (AvgIpc) is 3.00. The van der Waals surface area contributed by atoms with Crippen LogP contribution in [0.5, 0.6) is 0 Å². The molecule has 0 bridgehead atoms. The zero-order valence-corrected chi connectivity index (χ0v) is 15.1. The number of carboxylic acids is 1. The third kappa shape index (κ3) is 5.14. The molecule has 0 unspecified atom stereocenters. The number of rotatable bonds is 5. The summed E-state index contributed by atoms with van der Waals surface area (Å²) in [6, 6.07) is -0.0846. The molecule has 6 nitrogen and oxygen atoms in total. The maximum atomic E-state index is 12.5. The molecule has 1 fully saturated rings. The van der Waals surface area contributed by atoms with Crippen molar-refractivity contribution in [2.75, 3.05) is 19.8 Å². The van der Waals surface area contributed by atoms with Gasteiger partial charge in [0.25, 0.3) is 0 Å². The van der Waals surface area contributed by atoms with E-state index < -0.39 is 5.97 Å². The van der Waals surface area contributed by atoms with Crippen LogP contribution in [0, 0.1) is 0 Å². The summed E-state index contributed by atoms with van der Waals surface area (Å²) in [6.07, 6.45) is 6.23. The summed E-state index contributed by atoms with van der Waals surface area (Å²) in [6.45, 7) is 7.09. The van der Waals surface area contributed by atoms with Crippen LogP contribution >= 0.6 is 11.3 Å². The number of ether oxygens (including phenoxy) is 1. The summed E-state index contributed by atoms with van der Waals surface area (Å²) >= 11 is 1.54. The van der Waals surface area contributed by atoms with Gasteiger partial charge in [-0.15, -0.1) is 11.3 Å². The number of aliphatic carboxylic acids is 1. The molecule has 0 saturated carbocycles. The van der Waals surface area contributed by atoms with Crippen LogP contribution in [0.15, 0.2) is 12.3 Å². The first-order valence-electron chi connectivity index (χ1n) is 8.02. The zero-order valence-electron chi connectivity index (χ0n) is 14.3. The van der Waals surface area contributed by atoms with Gasteiger partial charge in [-0.05, 0) is 18.9 Å². The SMILES string of the molecule is CC(C)(C)c1ncc(/C=C\C(=O)N(CC(=O)O)C2CCOCC2)s1. The first kappa shape index (κ1) is 18.6. The Morgan fingerprint density at radius 2 is 2.08 bits per heavy atom. The highest BCUT2D eigenvalue weighted by molar-refractivity contribution is 7.12. The lowest BCUT2D eigenvalue weighted by atomic mass is 9.98. The monoisotopic (exact) mass is 352 g/mol. The molecule has 1 amide bonds. The van der Waals surface area contributed by atoms with Crippen molar-refractivity contribution >= 4 is 29.3 Å². The van der Waals surface area contributed by atoms with Crippen molar-refractivity contribution in [2.45, 2.75) is 45.1 Å².